The minimum Gasteiger partial charge on any atom is -0.344 e. The topological polar surface area (TPSA) is 80.2 Å². The molecule has 0 radical (unpaired) electrons. The number of nitrogens with zero attached hydrogens (tertiary/aromatic N) is 1. The van der Waals surface area contributed by atoms with Gasteiger partial charge < -0.3 is 9.88 Å². The summed E-state index contributed by atoms with van der Waals surface area (Å²) in [6, 6.07) is -1.35. The Labute approximate surface area is 176 Å². The van der Waals surface area contributed by atoms with Gasteiger partial charge in [0.05, 0.1) is 16.3 Å². The molecule has 1 atom stereocenters. The average Bonchev–Trinajstić information content (AvgIpc) is 2.91. The number of aryl methyl sites for hydroxylation is 1. The fraction of sp³-hybridized carbons (Fsp3) is 0.312. The van der Waals surface area contributed by atoms with Crippen LogP contribution in [0.5, 0.6) is 0 Å². The first-order valence-electron chi connectivity index (χ1n) is 8.09. The first kappa shape index (κ1) is 24.9. The molecule has 0 aliphatic heterocycles. The maximum absolute atomic E-state index is 14.1. The highest BCUT2D eigenvalue weighted by molar-refractivity contribution is 7.89. The Bertz CT molecular complexity index is 1120. The van der Waals surface area contributed by atoms with Gasteiger partial charge >= 0.3 is 6.18 Å². The van der Waals surface area contributed by atoms with Gasteiger partial charge in [0.15, 0.2) is 5.82 Å². The maximum Gasteiger partial charge on any atom is 0.404 e. The van der Waals surface area contributed by atoms with Crippen molar-refractivity contribution < 1.29 is 43.9 Å². The molecule has 31 heavy (non-hydrogen) atoms. The molecular weight excluding hydrogens is 483 g/mol. The number of carbonyl (C=O) groups excluding carboxylic acids is 1. The normalized spacial score (nSPS) is 13.5. The second kappa shape index (κ2) is 8.67. The molecule has 1 aromatic heterocycles. The van der Waals surface area contributed by atoms with Crippen LogP contribution in [-0.4, -0.2) is 31.1 Å². The van der Waals surface area contributed by atoms with Gasteiger partial charge in [-0.3, -0.25) is 4.79 Å². The number of hydrogen-bond donors (Lipinski definition) is 2. The molecule has 0 aliphatic rings. The molecule has 0 spiro atoms. The molecule has 2 rings (SSSR count). The first-order chi connectivity index (χ1) is 14.1. The minimum absolute atomic E-state index is 0.477. The van der Waals surface area contributed by atoms with Crippen LogP contribution in [0.4, 0.5) is 36.4 Å². The number of halogens is 8. The van der Waals surface area contributed by atoms with Crippen molar-refractivity contribution in [3.63, 3.8) is 0 Å². The highest BCUT2D eigenvalue weighted by Crippen LogP contribution is 2.32. The summed E-state index contributed by atoms with van der Waals surface area (Å²) in [5.74, 6) is -4.61. The van der Waals surface area contributed by atoms with Crippen LogP contribution in [0.2, 0.25) is 5.02 Å². The van der Waals surface area contributed by atoms with Crippen molar-refractivity contribution in [1.82, 2.24) is 9.29 Å². The van der Waals surface area contributed by atoms with Gasteiger partial charge in [0.25, 0.3) is 12.3 Å². The van der Waals surface area contributed by atoms with E-state index in [4.69, 9.17) is 11.6 Å². The lowest BCUT2D eigenvalue weighted by atomic mass is 10.1. The van der Waals surface area contributed by atoms with E-state index in [0.29, 0.717) is 19.1 Å². The Hall–Kier alpha value is -2.32. The van der Waals surface area contributed by atoms with Crippen molar-refractivity contribution >= 4 is 33.2 Å². The monoisotopic (exact) mass is 495 g/mol. The van der Waals surface area contributed by atoms with Crippen molar-refractivity contribution in [2.45, 2.75) is 30.5 Å². The van der Waals surface area contributed by atoms with Crippen LogP contribution in [0.1, 0.15) is 29.4 Å². The number of sulfonamides is 1. The molecule has 2 N–H and O–H groups in total. The van der Waals surface area contributed by atoms with Crippen LogP contribution in [0.3, 0.4) is 0 Å². The summed E-state index contributed by atoms with van der Waals surface area (Å²) in [5.41, 5.74) is -3.08. The van der Waals surface area contributed by atoms with Crippen LogP contribution < -0.4 is 10.0 Å². The van der Waals surface area contributed by atoms with Gasteiger partial charge in [0, 0.05) is 13.2 Å². The third-order valence-corrected chi connectivity index (χ3v) is 6.06. The third kappa shape index (κ3) is 5.13. The first-order valence-corrected chi connectivity index (χ1v) is 9.95. The standard InChI is InChI=1S/C16H13ClF7N3O3S/c1-6(16(22,23)24)26-31(29,30)9-5-27(2)13(11(9)17)15(28)25-8-4-3-7(18)10(12(8)19)14(20)21/h3-6,14,26H,1-2H3,(H,25,28). The van der Waals surface area contributed by atoms with Crippen molar-refractivity contribution in [1.29, 1.82) is 0 Å². The molecule has 6 nitrogen and oxygen atoms in total. The predicted molar refractivity (Wildman–Crippen MR) is 95.5 cm³/mol. The molecule has 1 amide bonds. The minimum atomic E-state index is -4.91. The highest BCUT2D eigenvalue weighted by atomic mass is 35.5. The van der Waals surface area contributed by atoms with Gasteiger partial charge in [-0.15, -0.1) is 0 Å². The smallest absolute Gasteiger partial charge is 0.344 e. The lowest BCUT2D eigenvalue weighted by Crippen LogP contribution is -2.42. The molecule has 15 heteroatoms. The fourth-order valence-corrected chi connectivity index (χ4v) is 4.35. The molecule has 0 aliphatic carbocycles. The maximum atomic E-state index is 14.1. The Morgan fingerprint density at radius 2 is 1.77 bits per heavy atom. The molecule has 0 saturated heterocycles. The highest BCUT2D eigenvalue weighted by Gasteiger charge is 2.40. The molecule has 1 unspecified atom stereocenters. The number of benzene rings is 1. The van der Waals surface area contributed by atoms with E-state index in [1.165, 1.54) is 4.72 Å². The molecule has 0 bridgehead atoms. The van der Waals surface area contributed by atoms with Crippen LogP contribution in [0.25, 0.3) is 0 Å². The summed E-state index contributed by atoms with van der Waals surface area (Å²) < 4.78 is 118. The number of alkyl halides is 5. The Morgan fingerprint density at radius 3 is 2.29 bits per heavy atom. The van der Waals surface area contributed by atoms with E-state index in [2.05, 4.69) is 0 Å². The zero-order valence-corrected chi connectivity index (χ0v) is 17.1. The van der Waals surface area contributed by atoms with Gasteiger partial charge in [-0.1, -0.05) is 11.6 Å². The lowest BCUT2D eigenvalue weighted by Gasteiger charge is -2.16. The average molecular weight is 496 g/mol. The Morgan fingerprint density at radius 1 is 1.19 bits per heavy atom. The Kier molecular flexibility index (Phi) is 6.97. The van der Waals surface area contributed by atoms with E-state index in [9.17, 15) is 43.9 Å². The number of carbonyl (C=O) groups is 1. The van der Waals surface area contributed by atoms with Gasteiger partial charge in [-0.2, -0.15) is 17.9 Å². The Balaban J connectivity index is 2.41. The zero-order valence-electron chi connectivity index (χ0n) is 15.5. The van der Waals surface area contributed by atoms with Crippen molar-refractivity contribution in [3.8, 4) is 0 Å². The number of hydrogen-bond acceptors (Lipinski definition) is 3. The molecule has 172 valence electrons. The molecule has 1 heterocycles. The second-order valence-electron chi connectivity index (χ2n) is 6.23. The number of aromatic nitrogens is 1. The predicted octanol–water partition coefficient (Wildman–Crippen LogP) is 4.38. The summed E-state index contributed by atoms with van der Waals surface area (Å²) in [4.78, 5) is 11.6. The molecule has 0 saturated carbocycles. The number of rotatable bonds is 6. The van der Waals surface area contributed by atoms with Crippen LogP contribution in [0, 0.1) is 11.6 Å². The third-order valence-electron chi connectivity index (χ3n) is 4.01. The summed E-state index contributed by atoms with van der Waals surface area (Å²) >= 11 is 5.86. The SMILES string of the molecule is CC(NS(=O)(=O)c1cn(C)c(C(=O)Nc2ccc(F)c(C(F)F)c2F)c1Cl)C(F)(F)F. The van der Waals surface area contributed by atoms with Gasteiger partial charge in [0.2, 0.25) is 10.0 Å². The van der Waals surface area contributed by atoms with Gasteiger partial charge in [0.1, 0.15) is 22.4 Å². The molecule has 0 fully saturated rings. The van der Waals surface area contributed by atoms with E-state index >= 15 is 0 Å². The van der Waals surface area contributed by atoms with Gasteiger partial charge in [-0.05, 0) is 19.1 Å². The number of nitrogens with one attached hydrogen (secondary N) is 2. The van der Waals surface area contributed by atoms with E-state index < -0.39 is 73.1 Å². The van der Waals surface area contributed by atoms with E-state index in [-0.39, 0.29) is 0 Å². The largest absolute Gasteiger partial charge is 0.404 e. The quantitative estimate of drug-likeness (QED) is 0.584. The fourth-order valence-electron chi connectivity index (χ4n) is 2.43. The van der Waals surface area contributed by atoms with Crippen molar-refractivity contribution in [2.24, 2.45) is 7.05 Å². The summed E-state index contributed by atoms with van der Waals surface area (Å²) in [6.45, 7) is 0.542. The summed E-state index contributed by atoms with van der Waals surface area (Å²) in [6.07, 6.45) is -7.71. The van der Waals surface area contributed by atoms with Crippen molar-refractivity contribution in [2.75, 3.05) is 5.32 Å². The van der Waals surface area contributed by atoms with Crippen LogP contribution >= 0.6 is 11.6 Å². The molecular formula is C16H13ClF7N3O3S. The van der Waals surface area contributed by atoms with Crippen LogP contribution in [-0.2, 0) is 17.1 Å². The van der Waals surface area contributed by atoms with Crippen LogP contribution in [0.15, 0.2) is 23.2 Å². The number of anilines is 1. The number of amides is 1. The van der Waals surface area contributed by atoms with E-state index in [1.807, 2.05) is 5.32 Å². The molecule has 1 aromatic carbocycles. The summed E-state index contributed by atoms with van der Waals surface area (Å²) in [7, 11) is -3.73. The van der Waals surface area contributed by atoms with E-state index in [0.717, 1.165) is 17.8 Å². The zero-order chi connectivity index (χ0) is 23.9. The summed E-state index contributed by atoms with van der Waals surface area (Å²) in [5, 5.41) is 1.04. The second-order valence-corrected chi connectivity index (χ2v) is 8.29. The van der Waals surface area contributed by atoms with E-state index in [1.54, 1.807) is 0 Å². The van der Waals surface area contributed by atoms with Gasteiger partial charge in [-0.25, -0.2) is 26.0 Å². The molecule has 2 aromatic rings. The lowest BCUT2D eigenvalue weighted by molar-refractivity contribution is -0.147. The van der Waals surface area contributed by atoms with Crippen molar-refractivity contribution in [3.05, 3.63) is 46.2 Å².